The Balaban J connectivity index is 2.25. The van der Waals surface area contributed by atoms with Gasteiger partial charge in [-0.15, -0.1) is 0 Å². The fourth-order valence-electron chi connectivity index (χ4n) is 1.96. The Morgan fingerprint density at radius 3 is 3.07 bits per heavy atom. The molecule has 0 radical (unpaired) electrons. The Morgan fingerprint density at radius 2 is 2.36 bits per heavy atom. The maximum absolute atomic E-state index is 5.92. The van der Waals surface area contributed by atoms with Crippen LogP contribution < -0.4 is 10.1 Å². The Hall–Kier alpha value is -0.730. The van der Waals surface area contributed by atoms with Crippen LogP contribution in [0.2, 0.25) is 5.02 Å². The van der Waals surface area contributed by atoms with E-state index in [2.05, 4.69) is 12.2 Å². The maximum atomic E-state index is 5.92. The van der Waals surface area contributed by atoms with Crippen LogP contribution in [0, 0.1) is 0 Å². The van der Waals surface area contributed by atoms with Crippen LogP contribution in [0.3, 0.4) is 0 Å². The van der Waals surface area contributed by atoms with Crippen LogP contribution in [0.1, 0.15) is 12.5 Å². The van der Waals surface area contributed by atoms with Crippen LogP contribution in [0.4, 0.5) is 0 Å². The van der Waals surface area contributed by atoms with Crippen molar-refractivity contribution in [3.8, 4) is 5.75 Å². The van der Waals surface area contributed by atoms with Crippen molar-refractivity contribution in [1.29, 1.82) is 0 Å². The van der Waals surface area contributed by atoms with Crippen molar-refractivity contribution in [2.24, 2.45) is 0 Å². The highest BCUT2D eigenvalue weighted by Gasteiger charge is 2.33. The lowest BCUT2D eigenvalue weighted by atomic mass is 9.99. The zero-order valence-corrected chi connectivity index (χ0v) is 9.19. The molecule has 0 fully saturated rings. The Labute approximate surface area is 89.2 Å². The fraction of sp³-hybridized carbons (Fsp3) is 0.455. The van der Waals surface area contributed by atoms with E-state index in [1.165, 1.54) is 5.56 Å². The molecule has 0 aliphatic carbocycles. The molecule has 0 bridgehead atoms. The van der Waals surface area contributed by atoms with Crippen LogP contribution >= 0.6 is 11.6 Å². The monoisotopic (exact) mass is 211 g/mol. The second kappa shape index (κ2) is 3.44. The van der Waals surface area contributed by atoms with Crippen molar-refractivity contribution in [2.75, 3.05) is 13.6 Å². The van der Waals surface area contributed by atoms with E-state index >= 15 is 0 Å². The Bertz CT molecular complexity index is 353. The molecule has 1 heterocycles. The average Bonchev–Trinajstić information content (AvgIpc) is 2.40. The summed E-state index contributed by atoms with van der Waals surface area (Å²) >= 11 is 5.92. The van der Waals surface area contributed by atoms with E-state index in [4.69, 9.17) is 16.3 Å². The molecule has 0 amide bonds. The number of halogens is 1. The van der Waals surface area contributed by atoms with Gasteiger partial charge in [0.05, 0.1) is 0 Å². The standard InChI is InChI=1S/C11H14ClNO/c1-11(7-13-2)6-8-5-9(12)3-4-10(8)14-11/h3-5,13H,6-7H2,1-2H3. The zero-order valence-electron chi connectivity index (χ0n) is 8.43. The number of likely N-dealkylation sites (N-methyl/N-ethyl adjacent to an activating group) is 1. The first kappa shape index (κ1) is 9.81. The van der Waals surface area contributed by atoms with E-state index in [0.717, 1.165) is 23.7 Å². The molecular formula is C11H14ClNO. The van der Waals surface area contributed by atoms with Gasteiger partial charge in [-0.3, -0.25) is 0 Å². The highest BCUT2D eigenvalue weighted by molar-refractivity contribution is 6.30. The van der Waals surface area contributed by atoms with Gasteiger partial charge in [-0.1, -0.05) is 11.6 Å². The third kappa shape index (κ3) is 1.72. The SMILES string of the molecule is CNCC1(C)Cc2cc(Cl)ccc2O1. The van der Waals surface area contributed by atoms with Gasteiger partial charge in [0, 0.05) is 18.0 Å². The lowest BCUT2D eigenvalue weighted by molar-refractivity contribution is 0.117. The van der Waals surface area contributed by atoms with Gasteiger partial charge in [0.1, 0.15) is 11.4 Å². The Kier molecular flexibility index (Phi) is 2.41. The van der Waals surface area contributed by atoms with Gasteiger partial charge >= 0.3 is 0 Å². The minimum Gasteiger partial charge on any atom is -0.486 e. The number of rotatable bonds is 2. The minimum atomic E-state index is -0.123. The van der Waals surface area contributed by atoms with Gasteiger partial charge < -0.3 is 10.1 Å². The predicted molar refractivity (Wildman–Crippen MR) is 58.1 cm³/mol. The molecule has 1 aromatic carbocycles. The number of nitrogens with one attached hydrogen (secondary N) is 1. The first-order chi connectivity index (χ1) is 6.63. The molecule has 1 aromatic rings. The number of hydrogen-bond donors (Lipinski definition) is 1. The third-order valence-electron chi connectivity index (χ3n) is 2.49. The van der Waals surface area contributed by atoms with E-state index in [9.17, 15) is 0 Å². The van der Waals surface area contributed by atoms with Gasteiger partial charge in [-0.05, 0) is 37.7 Å². The van der Waals surface area contributed by atoms with Gasteiger partial charge in [0.25, 0.3) is 0 Å². The predicted octanol–water partition coefficient (Wildman–Crippen LogP) is 2.25. The molecule has 1 aliphatic rings. The van der Waals surface area contributed by atoms with Crippen LogP contribution in [0.15, 0.2) is 18.2 Å². The maximum Gasteiger partial charge on any atom is 0.123 e. The van der Waals surface area contributed by atoms with Crippen LogP contribution in [0.5, 0.6) is 5.75 Å². The summed E-state index contributed by atoms with van der Waals surface area (Å²) in [7, 11) is 1.94. The summed E-state index contributed by atoms with van der Waals surface area (Å²) in [6.45, 7) is 2.96. The van der Waals surface area contributed by atoms with Crippen molar-refractivity contribution in [3.63, 3.8) is 0 Å². The molecule has 2 nitrogen and oxygen atoms in total. The zero-order chi connectivity index (χ0) is 10.2. The van der Waals surface area contributed by atoms with Crippen molar-refractivity contribution < 1.29 is 4.74 Å². The van der Waals surface area contributed by atoms with E-state index in [0.29, 0.717) is 0 Å². The van der Waals surface area contributed by atoms with E-state index < -0.39 is 0 Å². The molecule has 2 rings (SSSR count). The molecule has 1 N–H and O–H groups in total. The molecule has 1 unspecified atom stereocenters. The minimum absolute atomic E-state index is 0.123. The lowest BCUT2D eigenvalue weighted by Gasteiger charge is -2.23. The molecule has 0 saturated carbocycles. The summed E-state index contributed by atoms with van der Waals surface area (Å²) in [4.78, 5) is 0. The first-order valence-electron chi connectivity index (χ1n) is 4.75. The average molecular weight is 212 g/mol. The normalized spacial score (nSPS) is 24.5. The van der Waals surface area contributed by atoms with Crippen molar-refractivity contribution in [3.05, 3.63) is 28.8 Å². The first-order valence-corrected chi connectivity index (χ1v) is 5.13. The summed E-state index contributed by atoms with van der Waals surface area (Å²) in [5, 5.41) is 3.92. The third-order valence-corrected chi connectivity index (χ3v) is 2.73. The molecule has 76 valence electrons. The molecule has 1 aliphatic heterocycles. The summed E-state index contributed by atoms with van der Waals surface area (Å²) in [6, 6.07) is 5.79. The number of hydrogen-bond acceptors (Lipinski definition) is 2. The number of ether oxygens (including phenoxy) is 1. The molecular weight excluding hydrogens is 198 g/mol. The lowest BCUT2D eigenvalue weighted by Crippen LogP contribution is -2.40. The molecule has 14 heavy (non-hydrogen) atoms. The number of benzene rings is 1. The topological polar surface area (TPSA) is 21.3 Å². The molecule has 0 saturated heterocycles. The number of fused-ring (bicyclic) bond motifs is 1. The van der Waals surface area contributed by atoms with Crippen LogP contribution in [0.25, 0.3) is 0 Å². The van der Waals surface area contributed by atoms with Crippen LogP contribution in [-0.2, 0) is 6.42 Å². The fourth-order valence-corrected chi connectivity index (χ4v) is 2.16. The van der Waals surface area contributed by atoms with Gasteiger partial charge in [-0.2, -0.15) is 0 Å². The van der Waals surface area contributed by atoms with Crippen LogP contribution in [-0.4, -0.2) is 19.2 Å². The summed E-state index contributed by atoms with van der Waals surface area (Å²) < 4.78 is 5.87. The van der Waals surface area contributed by atoms with Crippen molar-refractivity contribution in [2.45, 2.75) is 18.9 Å². The van der Waals surface area contributed by atoms with Gasteiger partial charge in [0.2, 0.25) is 0 Å². The highest BCUT2D eigenvalue weighted by Crippen LogP contribution is 2.36. The molecule has 1 atom stereocenters. The van der Waals surface area contributed by atoms with E-state index in [1.807, 2.05) is 25.2 Å². The molecule has 3 heteroatoms. The molecule has 0 aromatic heterocycles. The quantitative estimate of drug-likeness (QED) is 0.811. The summed E-state index contributed by atoms with van der Waals surface area (Å²) in [5.41, 5.74) is 1.08. The Morgan fingerprint density at radius 1 is 1.57 bits per heavy atom. The second-order valence-corrected chi connectivity index (χ2v) is 4.45. The van der Waals surface area contributed by atoms with E-state index in [1.54, 1.807) is 0 Å². The second-order valence-electron chi connectivity index (χ2n) is 4.01. The summed E-state index contributed by atoms with van der Waals surface area (Å²) in [5.74, 6) is 0.965. The smallest absolute Gasteiger partial charge is 0.123 e. The summed E-state index contributed by atoms with van der Waals surface area (Å²) in [6.07, 6.45) is 0.920. The largest absolute Gasteiger partial charge is 0.486 e. The van der Waals surface area contributed by atoms with Crippen molar-refractivity contribution in [1.82, 2.24) is 5.32 Å². The van der Waals surface area contributed by atoms with E-state index in [-0.39, 0.29) is 5.60 Å². The molecule has 0 spiro atoms. The van der Waals surface area contributed by atoms with Gasteiger partial charge in [-0.25, -0.2) is 0 Å². The van der Waals surface area contributed by atoms with Gasteiger partial charge in [0.15, 0.2) is 0 Å². The van der Waals surface area contributed by atoms with Crippen molar-refractivity contribution >= 4 is 11.6 Å². The highest BCUT2D eigenvalue weighted by atomic mass is 35.5.